The molecule has 0 aliphatic rings. The largest absolute Gasteiger partial charge is 0.454 e. The molecule has 132 valence electrons. The Balaban J connectivity index is 1.78. The molecule has 0 fully saturated rings. The third kappa shape index (κ3) is 3.67. The third-order valence-corrected chi connectivity index (χ3v) is 4.61. The summed E-state index contributed by atoms with van der Waals surface area (Å²) in [5, 5.41) is 1.80. The van der Waals surface area contributed by atoms with Crippen LogP contribution in [-0.4, -0.2) is 18.4 Å². The number of ketones is 1. The smallest absolute Gasteiger partial charge is 0.339 e. The van der Waals surface area contributed by atoms with Crippen LogP contribution >= 0.6 is 0 Å². The van der Waals surface area contributed by atoms with E-state index in [2.05, 4.69) is 6.92 Å². The van der Waals surface area contributed by atoms with Gasteiger partial charge in [0, 0.05) is 5.56 Å². The fourth-order valence-electron chi connectivity index (χ4n) is 3.10. The normalized spacial score (nSPS) is 10.7. The summed E-state index contributed by atoms with van der Waals surface area (Å²) in [6.45, 7) is 3.82. The first kappa shape index (κ1) is 17.9. The second kappa shape index (κ2) is 7.96. The van der Waals surface area contributed by atoms with Gasteiger partial charge < -0.3 is 4.74 Å². The van der Waals surface area contributed by atoms with Gasteiger partial charge in [0.1, 0.15) is 0 Å². The predicted molar refractivity (Wildman–Crippen MR) is 104 cm³/mol. The van der Waals surface area contributed by atoms with Crippen LogP contribution in [-0.2, 0) is 17.6 Å². The second-order valence-electron chi connectivity index (χ2n) is 6.22. The average molecular weight is 346 g/mol. The first-order valence-electron chi connectivity index (χ1n) is 8.94. The quantitative estimate of drug-likeness (QED) is 0.466. The highest BCUT2D eigenvalue weighted by Crippen LogP contribution is 2.20. The fourth-order valence-corrected chi connectivity index (χ4v) is 3.10. The van der Waals surface area contributed by atoms with E-state index in [-0.39, 0.29) is 12.4 Å². The van der Waals surface area contributed by atoms with E-state index >= 15 is 0 Å². The summed E-state index contributed by atoms with van der Waals surface area (Å²) in [5.74, 6) is -0.634. The van der Waals surface area contributed by atoms with Crippen LogP contribution in [0.4, 0.5) is 0 Å². The molecule has 0 atom stereocenters. The zero-order valence-electron chi connectivity index (χ0n) is 15.1. The van der Waals surface area contributed by atoms with Crippen molar-refractivity contribution in [3.63, 3.8) is 0 Å². The Bertz CT molecular complexity index is 951. The molecule has 0 unspecified atom stereocenters. The summed E-state index contributed by atoms with van der Waals surface area (Å²) in [6, 6.07) is 19.1. The van der Waals surface area contributed by atoms with Crippen molar-refractivity contribution in [3.05, 3.63) is 82.9 Å². The summed E-state index contributed by atoms with van der Waals surface area (Å²) in [5.41, 5.74) is 3.21. The lowest BCUT2D eigenvalue weighted by molar-refractivity contribution is 0.0476. The van der Waals surface area contributed by atoms with Gasteiger partial charge in [-0.2, -0.15) is 0 Å². The molecular weight excluding hydrogens is 324 g/mol. The molecule has 0 heterocycles. The van der Waals surface area contributed by atoms with Gasteiger partial charge in [0.2, 0.25) is 5.78 Å². The Morgan fingerprint density at radius 3 is 2.38 bits per heavy atom. The van der Waals surface area contributed by atoms with E-state index in [9.17, 15) is 9.59 Å². The van der Waals surface area contributed by atoms with E-state index in [0.717, 1.165) is 34.7 Å². The summed E-state index contributed by atoms with van der Waals surface area (Å²) in [7, 11) is 0. The number of hydrogen-bond donors (Lipinski definition) is 0. The highest BCUT2D eigenvalue weighted by atomic mass is 16.5. The SMILES string of the molecule is CCc1ccc(CC)c(C(=O)COC(=O)c2cccc3ccccc23)c1. The van der Waals surface area contributed by atoms with E-state index < -0.39 is 5.97 Å². The van der Waals surface area contributed by atoms with E-state index in [1.807, 2.05) is 61.5 Å². The summed E-state index contributed by atoms with van der Waals surface area (Å²) < 4.78 is 5.34. The van der Waals surface area contributed by atoms with Crippen LogP contribution in [0.2, 0.25) is 0 Å². The highest BCUT2D eigenvalue weighted by molar-refractivity contribution is 6.06. The van der Waals surface area contributed by atoms with E-state index in [4.69, 9.17) is 4.74 Å². The lowest BCUT2D eigenvalue weighted by Gasteiger charge is -2.10. The molecule has 3 aromatic rings. The number of esters is 1. The maximum Gasteiger partial charge on any atom is 0.339 e. The summed E-state index contributed by atoms with van der Waals surface area (Å²) in [4.78, 5) is 25.1. The van der Waals surface area contributed by atoms with Gasteiger partial charge >= 0.3 is 5.97 Å². The molecule has 3 heteroatoms. The Hall–Kier alpha value is -2.94. The molecule has 0 aliphatic carbocycles. The second-order valence-corrected chi connectivity index (χ2v) is 6.22. The van der Waals surface area contributed by atoms with Crippen molar-refractivity contribution < 1.29 is 14.3 Å². The standard InChI is InChI=1S/C23H22O3/c1-3-16-12-13-17(4-2)21(14-16)22(24)15-26-23(25)20-11-7-9-18-8-5-6-10-19(18)20/h5-14H,3-4,15H2,1-2H3. The topological polar surface area (TPSA) is 43.4 Å². The van der Waals surface area contributed by atoms with Crippen LogP contribution in [0.1, 0.15) is 45.7 Å². The maximum atomic E-state index is 12.6. The Kier molecular flexibility index (Phi) is 5.47. The lowest BCUT2D eigenvalue weighted by Crippen LogP contribution is -2.16. The minimum Gasteiger partial charge on any atom is -0.454 e. The molecule has 3 nitrogen and oxygen atoms in total. The number of aryl methyl sites for hydroxylation is 2. The molecule has 0 aromatic heterocycles. The molecule has 0 aliphatic heterocycles. The highest BCUT2D eigenvalue weighted by Gasteiger charge is 2.16. The van der Waals surface area contributed by atoms with Crippen LogP contribution in [0, 0.1) is 0 Å². The Labute approximate surface area is 153 Å². The average Bonchev–Trinajstić information content (AvgIpc) is 2.70. The van der Waals surface area contributed by atoms with Crippen molar-refractivity contribution in [2.45, 2.75) is 26.7 Å². The van der Waals surface area contributed by atoms with Crippen molar-refractivity contribution in [3.8, 4) is 0 Å². The zero-order chi connectivity index (χ0) is 18.5. The van der Waals surface area contributed by atoms with Gasteiger partial charge in [0.05, 0.1) is 5.56 Å². The fraction of sp³-hybridized carbons (Fsp3) is 0.217. The molecule has 0 spiro atoms. The first-order valence-corrected chi connectivity index (χ1v) is 8.94. The number of rotatable bonds is 6. The van der Waals surface area contributed by atoms with Gasteiger partial charge in [0.15, 0.2) is 6.61 Å². The maximum absolute atomic E-state index is 12.6. The van der Waals surface area contributed by atoms with Gasteiger partial charge in [-0.05, 0) is 46.9 Å². The number of hydrogen-bond acceptors (Lipinski definition) is 3. The number of Topliss-reactive ketones (excluding diaryl/α,β-unsaturated/α-hetero) is 1. The van der Waals surface area contributed by atoms with Gasteiger partial charge in [0.25, 0.3) is 0 Å². The van der Waals surface area contributed by atoms with Gasteiger partial charge in [-0.25, -0.2) is 4.79 Å². The van der Waals surface area contributed by atoms with Crippen molar-refractivity contribution in [1.29, 1.82) is 0 Å². The van der Waals surface area contributed by atoms with Crippen LogP contribution in [0.5, 0.6) is 0 Å². The van der Waals surface area contributed by atoms with E-state index in [1.54, 1.807) is 6.07 Å². The van der Waals surface area contributed by atoms with Crippen molar-refractivity contribution in [2.24, 2.45) is 0 Å². The third-order valence-electron chi connectivity index (χ3n) is 4.61. The monoisotopic (exact) mass is 346 g/mol. The molecule has 0 N–H and O–H groups in total. The van der Waals surface area contributed by atoms with Gasteiger partial charge in [-0.3, -0.25) is 4.79 Å². The number of carbonyl (C=O) groups excluding carboxylic acids is 2. The predicted octanol–water partition coefficient (Wildman–Crippen LogP) is 5.00. The lowest BCUT2D eigenvalue weighted by atomic mass is 9.98. The number of fused-ring (bicyclic) bond motifs is 1. The molecule has 0 radical (unpaired) electrons. The van der Waals surface area contributed by atoms with Crippen LogP contribution in [0.25, 0.3) is 10.8 Å². The summed E-state index contributed by atoms with van der Waals surface area (Å²) >= 11 is 0. The zero-order valence-corrected chi connectivity index (χ0v) is 15.1. The van der Waals surface area contributed by atoms with Crippen molar-refractivity contribution in [2.75, 3.05) is 6.61 Å². The Morgan fingerprint density at radius 1 is 0.846 bits per heavy atom. The first-order chi connectivity index (χ1) is 12.6. The number of ether oxygens (including phenoxy) is 1. The van der Waals surface area contributed by atoms with Crippen molar-refractivity contribution in [1.82, 2.24) is 0 Å². The molecule has 0 saturated heterocycles. The minimum atomic E-state index is -0.472. The molecule has 3 aromatic carbocycles. The molecular formula is C23H22O3. The number of carbonyl (C=O) groups is 2. The molecule has 26 heavy (non-hydrogen) atoms. The Morgan fingerprint density at radius 2 is 1.62 bits per heavy atom. The van der Waals surface area contributed by atoms with Gasteiger partial charge in [-0.1, -0.05) is 62.4 Å². The van der Waals surface area contributed by atoms with Crippen LogP contribution in [0.3, 0.4) is 0 Å². The number of benzene rings is 3. The molecule has 0 saturated carbocycles. The van der Waals surface area contributed by atoms with E-state index in [0.29, 0.717) is 11.1 Å². The van der Waals surface area contributed by atoms with Crippen molar-refractivity contribution >= 4 is 22.5 Å². The molecule has 3 rings (SSSR count). The molecule has 0 bridgehead atoms. The minimum absolute atomic E-state index is 0.161. The van der Waals surface area contributed by atoms with Crippen LogP contribution < -0.4 is 0 Å². The van der Waals surface area contributed by atoms with Crippen LogP contribution in [0.15, 0.2) is 60.7 Å². The van der Waals surface area contributed by atoms with Gasteiger partial charge in [-0.15, -0.1) is 0 Å². The summed E-state index contributed by atoms with van der Waals surface area (Å²) in [6.07, 6.45) is 1.63. The molecule has 0 amide bonds. The van der Waals surface area contributed by atoms with E-state index in [1.165, 1.54) is 0 Å².